The molecule has 0 N–H and O–H groups in total. The van der Waals surface area contributed by atoms with Gasteiger partial charge in [-0.3, -0.25) is 4.99 Å². The van der Waals surface area contributed by atoms with E-state index in [1.165, 1.54) is 16.7 Å². The van der Waals surface area contributed by atoms with Gasteiger partial charge in [0.05, 0.1) is 5.69 Å². The Kier molecular flexibility index (Phi) is 2.64. The van der Waals surface area contributed by atoms with E-state index < -0.39 is 0 Å². The number of benzene rings is 2. The Hall–Kier alpha value is -1.89. The van der Waals surface area contributed by atoms with Crippen LogP contribution in [0.4, 0.5) is 5.69 Å². The Morgan fingerprint density at radius 3 is 2.33 bits per heavy atom. The quantitative estimate of drug-likeness (QED) is 0.642. The van der Waals surface area contributed by atoms with E-state index in [-0.39, 0.29) is 0 Å². The Morgan fingerprint density at radius 1 is 0.933 bits per heavy atom. The van der Waals surface area contributed by atoms with Gasteiger partial charge in [0.25, 0.3) is 0 Å². The third kappa shape index (κ3) is 2.13. The molecule has 2 rings (SSSR count). The van der Waals surface area contributed by atoms with E-state index in [9.17, 15) is 0 Å². The van der Waals surface area contributed by atoms with E-state index in [4.69, 9.17) is 0 Å². The first-order valence-corrected chi connectivity index (χ1v) is 4.93. The lowest BCUT2D eigenvalue weighted by atomic mass is 10.0. The fraction of sp³-hybridized carbons (Fsp3) is 0.0714. The number of hydrogen-bond acceptors (Lipinski definition) is 1. The zero-order chi connectivity index (χ0) is 10.7. The highest BCUT2D eigenvalue weighted by Crippen LogP contribution is 2.25. The summed E-state index contributed by atoms with van der Waals surface area (Å²) >= 11 is 0. The molecule has 0 fully saturated rings. The van der Waals surface area contributed by atoms with Crippen molar-refractivity contribution in [1.29, 1.82) is 0 Å². The molecule has 0 aliphatic heterocycles. The maximum Gasteiger partial charge on any atom is 0.0631 e. The molecule has 0 saturated carbocycles. The fourth-order valence-electron chi connectivity index (χ4n) is 1.65. The third-order valence-corrected chi connectivity index (χ3v) is 2.35. The highest BCUT2D eigenvalue weighted by molar-refractivity contribution is 5.68. The molecule has 0 saturated heterocycles. The maximum absolute atomic E-state index is 3.97. The molecule has 15 heavy (non-hydrogen) atoms. The lowest BCUT2D eigenvalue weighted by Crippen LogP contribution is -1.79. The van der Waals surface area contributed by atoms with Crippen molar-refractivity contribution in [1.82, 2.24) is 0 Å². The Labute approximate surface area is 90.1 Å². The minimum atomic E-state index is 0.925. The van der Waals surface area contributed by atoms with E-state index in [1.54, 1.807) is 0 Å². The van der Waals surface area contributed by atoms with Crippen molar-refractivity contribution in [2.24, 2.45) is 4.99 Å². The highest BCUT2D eigenvalue weighted by Gasteiger charge is 1.99. The summed E-state index contributed by atoms with van der Waals surface area (Å²) in [6.07, 6.45) is 0. The van der Waals surface area contributed by atoms with Gasteiger partial charge in [0.1, 0.15) is 0 Å². The second-order valence-corrected chi connectivity index (χ2v) is 3.58. The fourth-order valence-corrected chi connectivity index (χ4v) is 1.65. The average molecular weight is 195 g/mol. The van der Waals surface area contributed by atoms with Crippen LogP contribution in [0, 0.1) is 6.92 Å². The molecule has 0 bridgehead atoms. The highest BCUT2D eigenvalue weighted by atomic mass is 14.7. The normalized spacial score (nSPS) is 9.93. The minimum Gasteiger partial charge on any atom is -0.265 e. The predicted molar refractivity (Wildman–Crippen MR) is 65.8 cm³/mol. The van der Waals surface area contributed by atoms with Gasteiger partial charge in [0.15, 0.2) is 0 Å². The molecule has 0 amide bonds. The van der Waals surface area contributed by atoms with Crippen molar-refractivity contribution in [3.63, 3.8) is 0 Å². The second kappa shape index (κ2) is 4.09. The van der Waals surface area contributed by atoms with Crippen molar-refractivity contribution < 1.29 is 0 Å². The number of aliphatic imine (C=N–C) groups is 1. The van der Waals surface area contributed by atoms with Crippen LogP contribution in [0.1, 0.15) is 5.56 Å². The van der Waals surface area contributed by atoms with E-state index in [0.717, 1.165) is 5.69 Å². The summed E-state index contributed by atoms with van der Waals surface area (Å²) in [5.74, 6) is 0. The van der Waals surface area contributed by atoms with Crippen LogP contribution in [0.25, 0.3) is 11.1 Å². The first-order chi connectivity index (χ1) is 7.29. The molecule has 2 aromatic rings. The van der Waals surface area contributed by atoms with Gasteiger partial charge in [0.2, 0.25) is 0 Å². The van der Waals surface area contributed by atoms with Crippen LogP contribution in [0.5, 0.6) is 0 Å². The molecule has 74 valence electrons. The van der Waals surface area contributed by atoms with Crippen LogP contribution in [-0.2, 0) is 0 Å². The van der Waals surface area contributed by atoms with Crippen LogP contribution in [0.15, 0.2) is 53.5 Å². The number of nitrogens with zero attached hydrogens (tertiary/aromatic N) is 1. The molecule has 1 heteroatoms. The van der Waals surface area contributed by atoms with Gasteiger partial charge in [-0.25, -0.2) is 0 Å². The van der Waals surface area contributed by atoms with Crippen LogP contribution < -0.4 is 0 Å². The molecule has 0 heterocycles. The van der Waals surface area contributed by atoms with Gasteiger partial charge in [-0.05, 0) is 42.5 Å². The van der Waals surface area contributed by atoms with Crippen LogP contribution in [0.3, 0.4) is 0 Å². The predicted octanol–water partition coefficient (Wildman–Crippen LogP) is 3.99. The topological polar surface area (TPSA) is 12.4 Å². The smallest absolute Gasteiger partial charge is 0.0631 e. The molecule has 1 nitrogen and oxygen atoms in total. The van der Waals surface area contributed by atoms with Gasteiger partial charge in [-0.2, -0.15) is 0 Å². The van der Waals surface area contributed by atoms with Crippen molar-refractivity contribution in [2.75, 3.05) is 0 Å². The summed E-state index contributed by atoms with van der Waals surface area (Å²) in [5, 5.41) is 0. The molecule has 0 spiro atoms. The third-order valence-electron chi connectivity index (χ3n) is 2.35. The van der Waals surface area contributed by atoms with Crippen molar-refractivity contribution in [3.8, 4) is 11.1 Å². The van der Waals surface area contributed by atoms with Gasteiger partial charge < -0.3 is 0 Å². The molecular formula is C14H13N. The van der Waals surface area contributed by atoms with E-state index in [2.05, 4.69) is 42.9 Å². The first kappa shape index (κ1) is 9.66. The maximum atomic E-state index is 3.97. The summed E-state index contributed by atoms with van der Waals surface area (Å²) < 4.78 is 0. The lowest BCUT2D eigenvalue weighted by molar-refractivity contribution is 1.43. The van der Waals surface area contributed by atoms with Crippen LogP contribution in [0.2, 0.25) is 0 Å². The average Bonchev–Trinajstić information content (AvgIpc) is 2.29. The SMILES string of the molecule is C=Nc1cc(C)cc(-c2ccccc2)c1. The van der Waals surface area contributed by atoms with Crippen LogP contribution >= 0.6 is 0 Å². The van der Waals surface area contributed by atoms with Gasteiger partial charge in [-0.1, -0.05) is 36.4 Å². The molecule has 0 atom stereocenters. The lowest BCUT2D eigenvalue weighted by Gasteiger charge is -2.04. The summed E-state index contributed by atoms with van der Waals surface area (Å²) in [6.45, 7) is 5.63. The summed E-state index contributed by atoms with van der Waals surface area (Å²) in [7, 11) is 0. The van der Waals surface area contributed by atoms with Gasteiger partial charge in [-0.15, -0.1) is 0 Å². The number of rotatable bonds is 2. The number of aryl methyl sites for hydroxylation is 1. The Bertz CT molecular complexity index is 472. The molecule has 0 aliphatic rings. The van der Waals surface area contributed by atoms with Crippen molar-refractivity contribution in [2.45, 2.75) is 6.92 Å². The monoisotopic (exact) mass is 195 g/mol. The standard InChI is InChI=1S/C14H13N/c1-11-8-13(10-14(9-11)15-2)12-6-4-3-5-7-12/h3-10H,2H2,1H3. The van der Waals surface area contributed by atoms with Gasteiger partial charge >= 0.3 is 0 Å². The van der Waals surface area contributed by atoms with Crippen molar-refractivity contribution >= 4 is 12.4 Å². The molecular weight excluding hydrogens is 182 g/mol. The van der Waals surface area contributed by atoms with Crippen molar-refractivity contribution in [3.05, 3.63) is 54.1 Å². The number of hydrogen-bond donors (Lipinski definition) is 0. The summed E-state index contributed by atoms with van der Waals surface area (Å²) in [5.41, 5.74) is 4.54. The largest absolute Gasteiger partial charge is 0.265 e. The molecule has 0 unspecified atom stereocenters. The van der Waals surface area contributed by atoms with E-state index in [0.29, 0.717) is 0 Å². The second-order valence-electron chi connectivity index (χ2n) is 3.58. The summed E-state index contributed by atoms with van der Waals surface area (Å²) in [6, 6.07) is 16.5. The molecule has 2 aromatic carbocycles. The zero-order valence-corrected chi connectivity index (χ0v) is 8.77. The minimum absolute atomic E-state index is 0.925. The van der Waals surface area contributed by atoms with E-state index in [1.807, 2.05) is 24.3 Å². The zero-order valence-electron chi connectivity index (χ0n) is 8.77. The van der Waals surface area contributed by atoms with Gasteiger partial charge in [0, 0.05) is 0 Å². The Balaban J connectivity index is 2.53. The molecule has 0 radical (unpaired) electrons. The van der Waals surface area contributed by atoms with Crippen LogP contribution in [-0.4, -0.2) is 6.72 Å². The molecule has 0 aliphatic carbocycles. The van der Waals surface area contributed by atoms with E-state index >= 15 is 0 Å². The molecule has 0 aromatic heterocycles. The summed E-state index contributed by atoms with van der Waals surface area (Å²) in [4.78, 5) is 3.97. The first-order valence-electron chi connectivity index (χ1n) is 4.93. The Morgan fingerprint density at radius 2 is 1.67 bits per heavy atom.